The van der Waals surface area contributed by atoms with Crippen LogP contribution in [0.25, 0.3) is 0 Å². The summed E-state index contributed by atoms with van der Waals surface area (Å²) in [6.45, 7) is -0.729. The largest absolute Gasteiger partial charge is 0.504 e. The van der Waals surface area contributed by atoms with Crippen molar-refractivity contribution in [3.63, 3.8) is 0 Å². The molecule has 0 amide bonds. The summed E-state index contributed by atoms with van der Waals surface area (Å²) < 4.78 is 0. The third kappa shape index (κ3) is 5.71. The average molecular weight is 246 g/mol. The topological polar surface area (TPSA) is 138 Å². The molecule has 0 saturated heterocycles. The van der Waals surface area contributed by atoms with Crippen LogP contribution in [0.15, 0.2) is 18.2 Å². The van der Waals surface area contributed by atoms with Gasteiger partial charge in [0.1, 0.15) is 6.10 Å². The Labute approximate surface area is 96.8 Å². The van der Waals surface area contributed by atoms with Crippen molar-refractivity contribution in [3.8, 4) is 11.5 Å². The minimum absolute atomic E-state index is 0.0553. The summed E-state index contributed by atoms with van der Waals surface area (Å²) in [7, 11) is 0. The predicted octanol–water partition coefficient (Wildman–Crippen LogP) is -0.872. The number of hydrogen-bond acceptors (Lipinski definition) is 6. The zero-order valence-corrected chi connectivity index (χ0v) is 8.82. The molecular weight excluding hydrogens is 232 g/mol. The van der Waals surface area contributed by atoms with E-state index in [9.17, 15) is 4.79 Å². The first-order chi connectivity index (χ1) is 7.92. The highest BCUT2D eigenvalue weighted by Crippen LogP contribution is 2.24. The van der Waals surface area contributed by atoms with Crippen LogP contribution < -0.4 is 0 Å². The van der Waals surface area contributed by atoms with Crippen LogP contribution in [0.1, 0.15) is 10.4 Å². The van der Waals surface area contributed by atoms with Gasteiger partial charge in [-0.15, -0.1) is 0 Å². The Morgan fingerprint density at radius 1 is 1.12 bits per heavy atom. The van der Waals surface area contributed by atoms with Gasteiger partial charge in [0.05, 0.1) is 18.8 Å². The molecule has 1 rings (SSSR count). The van der Waals surface area contributed by atoms with Gasteiger partial charge in [0.2, 0.25) is 0 Å². The van der Waals surface area contributed by atoms with Crippen LogP contribution in [0.5, 0.6) is 11.5 Å². The van der Waals surface area contributed by atoms with Crippen molar-refractivity contribution in [2.75, 3.05) is 13.2 Å². The number of benzene rings is 1. The van der Waals surface area contributed by atoms with Gasteiger partial charge in [0.25, 0.3) is 0 Å². The molecule has 1 aromatic carbocycles. The van der Waals surface area contributed by atoms with E-state index >= 15 is 0 Å². The second kappa shape index (κ2) is 7.44. The SMILES string of the molecule is O=C(O)c1ccc(O)c(O)c1.OCC(O)CO. The molecule has 0 aliphatic heterocycles. The quantitative estimate of drug-likeness (QED) is 0.381. The van der Waals surface area contributed by atoms with Gasteiger partial charge in [-0.25, -0.2) is 4.79 Å². The lowest BCUT2D eigenvalue weighted by Gasteiger charge is -1.97. The Bertz CT molecular complexity index is 360. The lowest BCUT2D eigenvalue weighted by Crippen LogP contribution is -2.15. The Balaban J connectivity index is 0.000000366. The normalized spacial score (nSPS) is 9.65. The smallest absolute Gasteiger partial charge is 0.335 e. The number of phenols is 2. The van der Waals surface area contributed by atoms with E-state index in [1.807, 2.05) is 0 Å². The summed E-state index contributed by atoms with van der Waals surface area (Å²) in [5.41, 5.74) is -0.0553. The van der Waals surface area contributed by atoms with Crippen LogP contribution in [-0.4, -0.2) is 55.9 Å². The highest BCUT2D eigenvalue weighted by atomic mass is 16.4. The summed E-state index contributed by atoms with van der Waals surface area (Å²) in [6, 6.07) is 3.31. The molecular formula is C10H14O7. The van der Waals surface area contributed by atoms with E-state index in [1.165, 1.54) is 6.07 Å². The van der Waals surface area contributed by atoms with Crippen molar-refractivity contribution in [2.24, 2.45) is 0 Å². The van der Waals surface area contributed by atoms with Crippen molar-refractivity contribution in [1.82, 2.24) is 0 Å². The van der Waals surface area contributed by atoms with Gasteiger partial charge in [-0.1, -0.05) is 0 Å². The van der Waals surface area contributed by atoms with Gasteiger partial charge in [-0.2, -0.15) is 0 Å². The number of carbonyl (C=O) groups is 1. The molecule has 7 nitrogen and oxygen atoms in total. The third-order valence-corrected chi connectivity index (χ3v) is 1.64. The number of phenolic OH excluding ortho intramolecular Hbond substituents is 2. The monoisotopic (exact) mass is 246 g/mol. The fourth-order valence-electron chi connectivity index (χ4n) is 0.714. The number of carboxylic acids is 1. The molecule has 0 heterocycles. The van der Waals surface area contributed by atoms with E-state index < -0.39 is 17.8 Å². The Hall–Kier alpha value is -1.83. The second-order valence-corrected chi connectivity index (χ2v) is 3.03. The van der Waals surface area contributed by atoms with Gasteiger partial charge >= 0.3 is 5.97 Å². The van der Waals surface area contributed by atoms with E-state index in [0.717, 1.165) is 12.1 Å². The molecule has 6 N–H and O–H groups in total. The number of aliphatic hydroxyl groups excluding tert-OH is 3. The molecule has 96 valence electrons. The molecule has 0 atom stereocenters. The van der Waals surface area contributed by atoms with Crippen molar-refractivity contribution >= 4 is 5.97 Å². The molecule has 0 aliphatic rings. The second-order valence-electron chi connectivity index (χ2n) is 3.03. The molecule has 0 unspecified atom stereocenters. The lowest BCUT2D eigenvalue weighted by atomic mass is 10.2. The summed E-state index contributed by atoms with van der Waals surface area (Å²) in [4.78, 5) is 10.3. The molecule has 0 aliphatic carbocycles. The maximum atomic E-state index is 10.3. The van der Waals surface area contributed by atoms with E-state index in [4.69, 9.17) is 30.6 Å². The Morgan fingerprint density at radius 3 is 1.94 bits per heavy atom. The molecule has 0 aromatic heterocycles. The average Bonchev–Trinajstić information content (AvgIpc) is 2.32. The van der Waals surface area contributed by atoms with Crippen molar-refractivity contribution < 1.29 is 35.4 Å². The minimum atomic E-state index is -1.14. The summed E-state index contributed by atoms with van der Waals surface area (Å²) >= 11 is 0. The summed E-state index contributed by atoms with van der Waals surface area (Å²) in [5, 5.41) is 50.0. The van der Waals surface area contributed by atoms with E-state index in [-0.39, 0.29) is 24.5 Å². The fraction of sp³-hybridized carbons (Fsp3) is 0.300. The molecule has 0 saturated carbocycles. The molecule has 0 radical (unpaired) electrons. The van der Waals surface area contributed by atoms with Gasteiger partial charge in [0.15, 0.2) is 11.5 Å². The molecule has 0 bridgehead atoms. The zero-order valence-electron chi connectivity index (χ0n) is 8.82. The van der Waals surface area contributed by atoms with E-state index in [0.29, 0.717) is 0 Å². The van der Waals surface area contributed by atoms with Crippen LogP contribution in [0, 0.1) is 0 Å². The van der Waals surface area contributed by atoms with Crippen LogP contribution in [0.4, 0.5) is 0 Å². The van der Waals surface area contributed by atoms with Crippen LogP contribution in [0.2, 0.25) is 0 Å². The van der Waals surface area contributed by atoms with E-state index in [1.54, 1.807) is 0 Å². The first-order valence-electron chi connectivity index (χ1n) is 4.57. The molecule has 0 spiro atoms. The minimum Gasteiger partial charge on any atom is -0.504 e. The lowest BCUT2D eigenvalue weighted by molar-refractivity contribution is 0.0450. The zero-order chi connectivity index (χ0) is 13.4. The molecule has 17 heavy (non-hydrogen) atoms. The van der Waals surface area contributed by atoms with Gasteiger partial charge < -0.3 is 30.6 Å². The van der Waals surface area contributed by atoms with Crippen molar-refractivity contribution in [1.29, 1.82) is 0 Å². The number of aromatic carboxylic acids is 1. The van der Waals surface area contributed by atoms with Crippen molar-refractivity contribution in [3.05, 3.63) is 23.8 Å². The molecule has 1 aromatic rings. The van der Waals surface area contributed by atoms with Crippen molar-refractivity contribution in [2.45, 2.75) is 6.10 Å². The third-order valence-electron chi connectivity index (χ3n) is 1.64. The van der Waals surface area contributed by atoms with Gasteiger partial charge in [-0.3, -0.25) is 0 Å². The van der Waals surface area contributed by atoms with Crippen LogP contribution >= 0.6 is 0 Å². The van der Waals surface area contributed by atoms with Crippen LogP contribution in [0.3, 0.4) is 0 Å². The number of rotatable bonds is 3. The fourth-order valence-corrected chi connectivity index (χ4v) is 0.714. The Kier molecular flexibility index (Phi) is 6.64. The molecule has 7 heteroatoms. The first kappa shape index (κ1) is 15.2. The van der Waals surface area contributed by atoms with Crippen LogP contribution in [-0.2, 0) is 0 Å². The van der Waals surface area contributed by atoms with E-state index in [2.05, 4.69) is 0 Å². The summed E-state index contributed by atoms with van der Waals surface area (Å²) in [6.07, 6.45) is -0.954. The summed E-state index contributed by atoms with van der Waals surface area (Å²) in [5.74, 6) is -1.89. The standard InChI is InChI=1S/C7H6O4.C3H8O3/c8-5-2-1-4(7(10)11)3-6(5)9;4-1-3(6)2-5/h1-3,8-9H,(H,10,11);3-6H,1-2H2. The van der Waals surface area contributed by atoms with Gasteiger partial charge in [0, 0.05) is 0 Å². The number of carboxylic acid groups (broad SMARTS) is 1. The number of aromatic hydroxyl groups is 2. The first-order valence-corrected chi connectivity index (χ1v) is 4.57. The predicted molar refractivity (Wildman–Crippen MR) is 56.9 cm³/mol. The Morgan fingerprint density at radius 2 is 1.65 bits per heavy atom. The maximum Gasteiger partial charge on any atom is 0.335 e. The van der Waals surface area contributed by atoms with Gasteiger partial charge in [-0.05, 0) is 18.2 Å². The number of aliphatic hydroxyl groups is 3. The maximum absolute atomic E-state index is 10.3. The molecule has 0 fully saturated rings. The highest BCUT2D eigenvalue weighted by molar-refractivity contribution is 5.88. The highest BCUT2D eigenvalue weighted by Gasteiger charge is 2.05. The number of hydrogen-bond donors (Lipinski definition) is 6.